The van der Waals surface area contributed by atoms with Gasteiger partial charge in [-0.05, 0) is 19.9 Å². The summed E-state index contributed by atoms with van der Waals surface area (Å²) < 4.78 is 0. The molecular weight excluding hydrogens is 140 g/mol. The summed E-state index contributed by atoms with van der Waals surface area (Å²) in [4.78, 5) is 15.7. The third-order valence-corrected chi connectivity index (χ3v) is 1.21. The number of carbonyl (C=O) groups excluding carboxylic acids is 1. The molecular formula is C8H14N2O. The van der Waals surface area contributed by atoms with E-state index in [1.165, 1.54) is 0 Å². The summed E-state index contributed by atoms with van der Waals surface area (Å²) in [5.41, 5.74) is 0. The molecule has 0 unspecified atom stereocenters. The van der Waals surface area contributed by atoms with Gasteiger partial charge in [0.25, 0.3) is 0 Å². The molecule has 3 nitrogen and oxygen atoms in total. The maximum absolute atomic E-state index is 10.4. The van der Waals surface area contributed by atoms with Gasteiger partial charge in [0.15, 0.2) is 0 Å². The van der Waals surface area contributed by atoms with Crippen LogP contribution in [0.15, 0.2) is 17.3 Å². The highest BCUT2D eigenvalue weighted by Crippen LogP contribution is 1.93. The highest BCUT2D eigenvalue weighted by atomic mass is 16.1. The van der Waals surface area contributed by atoms with E-state index in [2.05, 4.69) is 4.99 Å². The normalized spacial score (nSPS) is 11.6. The van der Waals surface area contributed by atoms with Gasteiger partial charge in [0.05, 0.1) is 0 Å². The van der Waals surface area contributed by atoms with Crippen molar-refractivity contribution in [1.29, 1.82) is 0 Å². The molecule has 0 saturated heterocycles. The fourth-order valence-corrected chi connectivity index (χ4v) is 0.553. The fourth-order valence-electron chi connectivity index (χ4n) is 0.553. The number of nitrogens with zero attached hydrogens (tertiary/aromatic N) is 2. The number of hydrogen-bond donors (Lipinski definition) is 0. The van der Waals surface area contributed by atoms with Gasteiger partial charge in [-0.1, -0.05) is 0 Å². The summed E-state index contributed by atoms with van der Waals surface area (Å²) >= 11 is 0. The molecule has 0 aliphatic rings. The van der Waals surface area contributed by atoms with E-state index in [4.69, 9.17) is 0 Å². The van der Waals surface area contributed by atoms with Gasteiger partial charge < -0.3 is 4.90 Å². The summed E-state index contributed by atoms with van der Waals surface area (Å²) in [6.45, 7) is 3.89. The first-order valence-electron chi connectivity index (χ1n) is 3.54. The Hall–Kier alpha value is -1.12. The van der Waals surface area contributed by atoms with Gasteiger partial charge in [-0.15, -0.1) is 0 Å². The second-order valence-electron chi connectivity index (χ2n) is 2.40. The van der Waals surface area contributed by atoms with Gasteiger partial charge in [0.2, 0.25) is 6.41 Å². The third kappa shape index (κ3) is 4.31. The maximum atomic E-state index is 10.4. The van der Waals surface area contributed by atoms with Crippen molar-refractivity contribution in [3.05, 3.63) is 12.3 Å². The molecule has 0 bridgehead atoms. The van der Waals surface area contributed by atoms with E-state index in [0.29, 0.717) is 0 Å². The Labute approximate surface area is 67.4 Å². The molecule has 0 aliphatic heterocycles. The lowest BCUT2D eigenvalue weighted by Crippen LogP contribution is -2.23. The minimum atomic E-state index is 0.203. The van der Waals surface area contributed by atoms with Gasteiger partial charge in [-0.2, -0.15) is 0 Å². The highest BCUT2D eigenvalue weighted by Gasteiger charge is 1.99. The molecule has 0 aromatic rings. The molecule has 0 aromatic carbocycles. The first-order chi connectivity index (χ1) is 5.22. The average molecular weight is 154 g/mol. The number of allylic oxidation sites excluding steroid dienone is 1. The van der Waals surface area contributed by atoms with Crippen LogP contribution in [0.4, 0.5) is 0 Å². The van der Waals surface area contributed by atoms with Crippen molar-refractivity contribution in [2.75, 3.05) is 7.05 Å². The predicted molar refractivity (Wildman–Crippen MR) is 46.6 cm³/mol. The fraction of sp³-hybridized carbons (Fsp3) is 0.500. The SMILES string of the molecule is CN=C/C=C\N(C=O)C(C)C. The minimum Gasteiger partial charge on any atom is -0.319 e. The lowest BCUT2D eigenvalue weighted by atomic mass is 10.3. The topological polar surface area (TPSA) is 32.7 Å². The van der Waals surface area contributed by atoms with Gasteiger partial charge in [0, 0.05) is 25.5 Å². The van der Waals surface area contributed by atoms with Crippen LogP contribution in [-0.2, 0) is 4.79 Å². The second kappa shape index (κ2) is 5.65. The Morgan fingerprint density at radius 3 is 2.45 bits per heavy atom. The molecule has 0 atom stereocenters. The molecule has 0 N–H and O–H groups in total. The quantitative estimate of drug-likeness (QED) is 0.440. The van der Waals surface area contributed by atoms with Crippen LogP contribution in [0.5, 0.6) is 0 Å². The lowest BCUT2D eigenvalue weighted by Gasteiger charge is -2.15. The first kappa shape index (κ1) is 9.88. The highest BCUT2D eigenvalue weighted by molar-refractivity contribution is 5.71. The van der Waals surface area contributed by atoms with Crippen LogP contribution < -0.4 is 0 Å². The summed E-state index contributed by atoms with van der Waals surface area (Å²) in [7, 11) is 1.69. The number of amides is 1. The van der Waals surface area contributed by atoms with Crippen molar-refractivity contribution < 1.29 is 4.79 Å². The van der Waals surface area contributed by atoms with Crippen molar-refractivity contribution in [2.24, 2.45) is 4.99 Å². The molecule has 3 heteroatoms. The van der Waals surface area contributed by atoms with Crippen LogP contribution in [-0.4, -0.2) is 30.6 Å². The van der Waals surface area contributed by atoms with E-state index < -0.39 is 0 Å². The van der Waals surface area contributed by atoms with Crippen molar-refractivity contribution in [3.63, 3.8) is 0 Å². The first-order valence-corrected chi connectivity index (χ1v) is 3.54. The van der Waals surface area contributed by atoms with E-state index in [0.717, 1.165) is 6.41 Å². The molecule has 0 aliphatic carbocycles. The Kier molecular flexibility index (Phi) is 5.07. The molecule has 62 valence electrons. The zero-order valence-electron chi connectivity index (χ0n) is 7.19. The Bertz CT molecular complexity index is 161. The zero-order valence-corrected chi connectivity index (χ0v) is 7.19. The van der Waals surface area contributed by atoms with Gasteiger partial charge in [-0.25, -0.2) is 0 Å². The van der Waals surface area contributed by atoms with Crippen LogP contribution >= 0.6 is 0 Å². The van der Waals surface area contributed by atoms with Crippen molar-refractivity contribution in [1.82, 2.24) is 4.90 Å². The van der Waals surface area contributed by atoms with Crippen LogP contribution in [0.25, 0.3) is 0 Å². The van der Waals surface area contributed by atoms with E-state index in [9.17, 15) is 4.79 Å². The molecule has 11 heavy (non-hydrogen) atoms. The van der Waals surface area contributed by atoms with Crippen molar-refractivity contribution in [3.8, 4) is 0 Å². The van der Waals surface area contributed by atoms with Crippen LogP contribution in [0, 0.1) is 0 Å². The summed E-state index contributed by atoms with van der Waals surface area (Å²) in [5.74, 6) is 0. The monoisotopic (exact) mass is 154 g/mol. The predicted octanol–water partition coefficient (Wildman–Crippen LogP) is 1.07. The summed E-state index contributed by atoms with van der Waals surface area (Å²) in [6, 6.07) is 0.203. The lowest BCUT2D eigenvalue weighted by molar-refractivity contribution is -0.117. The minimum absolute atomic E-state index is 0.203. The van der Waals surface area contributed by atoms with E-state index >= 15 is 0 Å². The van der Waals surface area contributed by atoms with Gasteiger partial charge in [-0.3, -0.25) is 9.79 Å². The zero-order chi connectivity index (χ0) is 8.69. The molecule has 0 spiro atoms. The molecule has 0 heterocycles. The standard InChI is InChI=1S/C8H14N2O/c1-8(2)10(7-11)6-4-5-9-3/h4-8H,1-3H3/b6-4-,9-5?. The van der Waals surface area contributed by atoms with Gasteiger partial charge in [0.1, 0.15) is 0 Å². The van der Waals surface area contributed by atoms with Crippen molar-refractivity contribution in [2.45, 2.75) is 19.9 Å². The number of carbonyl (C=O) groups is 1. The molecule has 1 amide bonds. The number of aliphatic imine (C=N–C) groups is 1. The number of hydrogen-bond acceptors (Lipinski definition) is 2. The maximum Gasteiger partial charge on any atom is 0.213 e. The van der Waals surface area contributed by atoms with Crippen molar-refractivity contribution >= 4 is 12.6 Å². The van der Waals surface area contributed by atoms with Crippen LogP contribution in [0.1, 0.15) is 13.8 Å². The smallest absolute Gasteiger partial charge is 0.213 e. The van der Waals surface area contributed by atoms with E-state index in [1.54, 1.807) is 30.4 Å². The van der Waals surface area contributed by atoms with Gasteiger partial charge >= 0.3 is 0 Å². The molecule has 0 radical (unpaired) electrons. The second-order valence-corrected chi connectivity index (χ2v) is 2.40. The summed E-state index contributed by atoms with van der Waals surface area (Å²) in [5, 5.41) is 0. The van der Waals surface area contributed by atoms with E-state index in [1.807, 2.05) is 13.8 Å². The van der Waals surface area contributed by atoms with E-state index in [-0.39, 0.29) is 6.04 Å². The third-order valence-electron chi connectivity index (χ3n) is 1.21. The molecule has 0 rings (SSSR count). The van der Waals surface area contributed by atoms with Crippen LogP contribution in [0.3, 0.4) is 0 Å². The Balaban J connectivity index is 3.96. The summed E-state index contributed by atoms with van der Waals surface area (Å²) in [6.07, 6.45) is 5.86. The Morgan fingerprint density at radius 2 is 2.09 bits per heavy atom. The largest absolute Gasteiger partial charge is 0.319 e. The Morgan fingerprint density at radius 1 is 1.45 bits per heavy atom. The average Bonchev–Trinajstić information content (AvgIpc) is 1.97. The molecule has 0 saturated carbocycles. The molecule has 0 aromatic heterocycles. The van der Waals surface area contributed by atoms with Crippen LogP contribution in [0.2, 0.25) is 0 Å². The molecule has 0 fully saturated rings. The number of rotatable bonds is 4.